The maximum Gasteiger partial charge on any atom is 0.231 e. The van der Waals surface area contributed by atoms with Crippen LogP contribution < -0.4 is 5.73 Å². The van der Waals surface area contributed by atoms with Gasteiger partial charge in [0.2, 0.25) is 5.91 Å². The second-order valence-corrected chi connectivity index (χ2v) is 4.91. The number of halogens is 2. The first kappa shape index (κ1) is 13.0. The van der Waals surface area contributed by atoms with Crippen LogP contribution >= 0.6 is 27.5 Å². The van der Waals surface area contributed by atoms with Crippen LogP contribution in [0.2, 0.25) is 5.02 Å². The summed E-state index contributed by atoms with van der Waals surface area (Å²) in [6.07, 6.45) is 4.71. The molecule has 0 spiro atoms. The number of hydrogen-bond donors (Lipinski definition) is 1. The molecule has 4 nitrogen and oxygen atoms in total. The first-order chi connectivity index (χ1) is 8.59. The van der Waals surface area contributed by atoms with Gasteiger partial charge in [-0.3, -0.25) is 14.8 Å². The maximum absolute atomic E-state index is 11.6. The first-order valence-electron chi connectivity index (χ1n) is 5.10. The molecule has 0 aliphatic carbocycles. The zero-order valence-electron chi connectivity index (χ0n) is 9.18. The van der Waals surface area contributed by atoms with Gasteiger partial charge in [0.1, 0.15) is 5.92 Å². The summed E-state index contributed by atoms with van der Waals surface area (Å²) in [5, 5.41) is 0.480. The molecule has 2 aromatic rings. The molecule has 0 radical (unpaired) electrons. The van der Waals surface area contributed by atoms with E-state index in [4.69, 9.17) is 17.3 Å². The zero-order valence-corrected chi connectivity index (χ0v) is 11.5. The van der Waals surface area contributed by atoms with Gasteiger partial charge in [-0.25, -0.2) is 0 Å². The van der Waals surface area contributed by atoms with E-state index in [9.17, 15) is 4.79 Å². The molecule has 18 heavy (non-hydrogen) atoms. The van der Waals surface area contributed by atoms with Crippen molar-refractivity contribution in [3.05, 3.63) is 57.5 Å². The number of hydrogen-bond acceptors (Lipinski definition) is 3. The Hall–Kier alpha value is -1.46. The molecule has 0 aromatic carbocycles. The molecule has 6 heteroatoms. The molecule has 2 heterocycles. The third-order valence-electron chi connectivity index (χ3n) is 2.43. The Morgan fingerprint density at radius 1 is 1.44 bits per heavy atom. The lowest BCUT2D eigenvalue weighted by atomic mass is 9.96. The van der Waals surface area contributed by atoms with Crippen molar-refractivity contribution < 1.29 is 4.79 Å². The Bertz CT molecular complexity index is 577. The molecule has 2 rings (SSSR count). The highest BCUT2D eigenvalue weighted by Crippen LogP contribution is 2.28. The van der Waals surface area contributed by atoms with Crippen molar-refractivity contribution in [1.82, 2.24) is 9.97 Å². The van der Waals surface area contributed by atoms with E-state index in [0.29, 0.717) is 20.8 Å². The minimum Gasteiger partial charge on any atom is -0.369 e. The second-order valence-electron chi connectivity index (χ2n) is 3.65. The average Bonchev–Trinajstić information content (AvgIpc) is 2.35. The van der Waals surface area contributed by atoms with Gasteiger partial charge >= 0.3 is 0 Å². The van der Waals surface area contributed by atoms with Gasteiger partial charge in [-0.2, -0.15) is 0 Å². The van der Waals surface area contributed by atoms with Crippen LogP contribution in [0, 0.1) is 0 Å². The van der Waals surface area contributed by atoms with Gasteiger partial charge < -0.3 is 5.73 Å². The monoisotopic (exact) mass is 325 g/mol. The Morgan fingerprint density at radius 3 is 2.78 bits per heavy atom. The molecule has 1 unspecified atom stereocenters. The fraction of sp³-hybridized carbons (Fsp3) is 0.0833. The quantitative estimate of drug-likeness (QED) is 0.942. The molecule has 0 aliphatic heterocycles. The van der Waals surface area contributed by atoms with Crippen LogP contribution in [0.1, 0.15) is 17.2 Å². The van der Waals surface area contributed by atoms with Gasteiger partial charge in [-0.05, 0) is 33.6 Å². The Balaban J connectivity index is 2.49. The van der Waals surface area contributed by atoms with Crippen molar-refractivity contribution in [1.29, 1.82) is 0 Å². The number of carbonyl (C=O) groups excluding carboxylic acids is 1. The summed E-state index contributed by atoms with van der Waals surface area (Å²) in [7, 11) is 0. The lowest BCUT2D eigenvalue weighted by Gasteiger charge is -2.13. The Kier molecular flexibility index (Phi) is 3.93. The number of nitrogens with two attached hydrogens (primary N) is 1. The lowest BCUT2D eigenvalue weighted by Crippen LogP contribution is -2.23. The highest BCUT2D eigenvalue weighted by Gasteiger charge is 2.22. The highest BCUT2D eigenvalue weighted by molar-refractivity contribution is 9.10. The molecule has 2 N–H and O–H groups in total. The molecule has 0 fully saturated rings. The molecule has 0 saturated heterocycles. The minimum atomic E-state index is -0.632. The maximum atomic E-state index is 11.6. The van der Waals surface area contributed by atoms with Crippen LogP contribution in [-0.4, -0.2) is 15.9 Å². The third kappa shape index (κ3) is 2.68. The van der Waals surface area contributed by atoms with Gasteiger partial charge in [0.15, 0.2) is 0 Å². The Morgan fingerprint density at radius 2 is 2.22 bits per heavy atom. The third-order valence-corrected chi connectivity index (χ3v) is 3.61. The molecule has 1 amide bonds. The van der Waals surface area contributed by atoms with E-state index < -0.39 is 11.8 Å². The Labute approximate surface area is 117 Å². The van der Waals surface area contributed by atoms with Crippen LogP contribution in [0.3, 0.4) is 0 Å². The second kappa shape index (κ2) is 5.46. The van der Waals surface area contributed by atoms with Crippen molar-refractivity contribution in [3.63, 3.8) is 0 Å². The molecule has 0 saturated carbocycles. The van der Waals surface area contributed by atoms with Gasteiger partial charge in [0.25, 0.3) is 0 Å². The number of primary amides is 1. The molecule has 2 aromatic heterocycles. The van der Waals surface area contributed by atoms with Gasteiger partial charge in [-0.1, -0.05) is 17.7 Å². The van der Waals surface area contributed by atoms with Gasteiger partial charge in [0, 0.05) is 23.1 Å². The van der Waals surface area contributed by atoms with Crippen LogP contribution in [0.25, 0.3) is 0 Å². The largest absolute Gasteiger partial charge is 0.369 e. The first-order valence-corrected chi connectivity index (χ1v) is 6.27. The summed E-state index contributed by atoms with van der Waals surface area (Å²) in [6.45, 7) is 0. The fourth-order valence-electron chi connectivity index (χ4n) is 1.61. The lowest BCUT2D eigenvalue weighted by molar-refractivity contribution is -0.118. The number of carbonyl (C=O) groups is 1. The standard InChI is InChI=1S/C12H9BrClN3O/c13-8-4-10(17-6-9(8)14)11(12(15)18)7-2-1-3-16-5-7/h1-6,11H,(H2,15,18). The summed E-state index contributed by atoms with van der Waals surface area (Å²) in [5.74, 6) is -1.11. The number of rotatable bonds is 3. The van der Waals surface area contributed by atoms with E-state index in [1.54, 1.807) is 30.6 Å². The van der Waals surface area contributed by atoms with Crippen LogP contribution in [0.15, 0.2) is 41.3 Å². The molecule has 0 bridgehead atoms. The van der Waals surface area contributed by atoms with Crippen molar-refractivity contribution >= 4 is 33.4 Å². The van der Waals surface area contributed by atoms with E-state index in [2.05, 4.69) is 25.9 Å². The molecule has 92 valence electrons. The molecular formula is C12H9BrClN3O. The van der Waals surface area contributed by atoms with Crippen molar-refractivity contribution in [2.24, 2.45) is 5.73 Å². The van der Waals surface area contributed by atoms with Gasteiger partial charge in [0.05, 0.1) is 10.7 Å². The van der Waals surface area contributed by atoms with E-state index in [-0.39, 0.29) is 0 Å². The molecular weight excluding hydrogens is 318 g/mol. The normalized spacial score (nSPS) is 12.1. The van der Waals surface area contributed by atoms with Gasteiger partial charge in [-0.15, -0.1) is 0 Å². The minimum absolute atomic E-state index is 0.480. The SMILES string of the molecule is NC(=O)C(c1cccnc1)c1cc(Br)c(Cl)cn1. The fourth-order valence-corrected chi connectivity index (χ4v) is 2.05. The van der Waals surface area contributed by atoms with Crippen molar-refractivity contribution in [2.75, 3.05) is 0 Å². The van der Waals surface area contributed by atoms with Crippen LogP contribution in [0.5, 0.6) is 0 Å². The van der Waals surface area contributed by atoms with Crippen molar-refractivity contribution in [2.45, 2.75) is 5.92 Å². The van der Waals surface area contributed by atoms with E-state index in [1.165, 1.54) is 6.20 Å². The number of nitrogens with zero attached hydrogens (tertiary/aromatic N) is 2. The number of amides is 1. The summed E-state index contributed by atoms with van der Waals surface area (Å²) in [6, 6.07) is 5.22. The predicted octanol–water partition coefficient (Wildman–Crippen LogP) is 2.51. The average molecular weight is 327 g/mol. The van der Waals surface area contributed by atoms with Crippen LogP contribution in [0.4, 0.5) is 0 Å². The van der Waals surface area contributed by atoms with E-state index in [0.717, 1.165) is 0 Å². The summed E-state index contributed by atoms with van der Waals surface area (Å²) < 4.78 is 0.671. The predicted molar refractivity (Wildman–Crippen MR) is 72.2 cm³/mol. The van der Waals surface area contributed by atoms with E-state index >= 15 is 0 Å². The van der Waals surface area contributed by atoms with E-state index in [1.807, 2.05) is 0 Å². The number of aromatic nitrogens is 2. The molecule has 0 aliphatic rings. The summed E-state index contributed by atoms with van der Waals surface area (Å²) >= 11 is 9.17. The number of pyridine rings is 2. The van der Waals surface area contributed by atoms with Crippen molar-refractivity contribution in [3.8, 4) is 0 Å². The highest BCUT2D eigenvalue weighted by atomic mass is 79.9. The smallest absolute Gasteiger partial charge is 0.231 e. The topological polar surface area (TPSA) is 68.9 Å². The summed E-state index contributed by atoms with van der Waals surface area (Å²) in [5.41, 5.74) is 6.67. The van der Waals surface area contributed by atoms with Crippen LogP contribution in [-0.2, 0) is 4.79 Å². The molecule has 1 atom stereocenters. The zero-order chi connectivity index (χ0) is 13.1. The summed E-state index contributed by atoms with van der Waals surface area (Å²) in [4.78, 5) is 19.7.